The summed E-state index contributed by atoms with van der Waals surface area (Å²) in [5.74, 6) is 0.748. The minimum absolute atomic E-state index is 0.152. The molecule has 0 radical (unpaired) electrons. The summed E-state index contributed by atoms with van der Waals surface area (Å²) >= 11 is 5.04. The molecule has 0 atom stereocenters. The van der Waals surface area contributed by atoms with Gasteiger partial charge < -0.3 is 15.0 Å². The van der Waals surface area contributed by atoms with Crippen molar-refractivity contribution in [1.29, 1.82) is 0 Å². The van der Waals surface area contributed by atoms with Crippen LogP contribution in [0.2, 0.25) is 0 Å². The van der Waals surface area contributed by atoms with Crippen LogP contribution in [0.15, 0.2) is 46.9 Å². The average Bonchev–Trinajstić information content (AvgIpc) is 3.01. The summed E-state index contributed by atoms with van der Waals surface area (Å²) in [6.45, 7) is 0.867. The van der Waals surface area contributed by atoms with Gasteiger partial charge in [-0.3, -0.25) is 0 Å². The molecular weight excluding hydrogens is 402 g/mol. The molecule has 0 aliphatic carbocycles. The molecule has 3 aromatic rings. The van der Waals surface area contributed by atoms with Gasteiger partial charge in [0.1, 0.15) is 10.8 Å². The lowest BCUT2D eigenvalue weighted by Gasteiger charge is -2.17. The zero-order valence-electron chi connectivity index (χ0n) is 14.0. The van der Waals surface area contributed by atoms with Crippen LogP contribution in [-0.4, -0.2) is 30.1 Å². The van der Waals surface area contributed by atoms with Crippen molar-refractivity contribution in [3.05, 3.63) is 57.5 Å². The molecule has 7 heteroatoms. The molecule has 0 bridgehead atoms. The molecule has 1 heterocycles. The highest BCUT2D eigenvalue weighted by molar-refractivity contribution is 9.10. The molecule has 0 spiro atoms. The van der Waals surface area contributed by atoms with Crippen molar-refractivity contribution in [3.63, 3.8) is 0 Å². The second kappa shape index (κ2) is 7.84. The number of methoxy groups -OCH3 is 1. The number of thiazole rings is 1. The zero-order chi connectivity index (χ0) is 17.8. The number of fused-ring (bicyclic) bond motifs is 1. The number of urea groups is 1. The minimum Gasteiger partial charge on any atom is -0.496 e. The molecule has 0 unspecified atom stereocenters. The number of halogens is 1. The first-order valence-corrected chi connectivity index (χ1v) is 9.33. The van der Waals surface area contributed by atoms with Crippen LogP contribution < -0.4 is 10.1 Å². The molecule has 1 N–H and O–H groups in total. The molecule has 5 nitrogen and oxygen atoms in total. The third-order valence-electron chi connectivity index (χ3n) is 3.73. The quantitative estimate of drug-likeness (QED) is 0.666. The molecule has 2 amide bonds. The van der Waals surface area contributed by atoms with Crippen molar-refractivity contribution in [2.24, 2.45) is 0 Å². The molecule has 0 fully saturated rings. The van der Waals surface area contributed by atoms with Gasteiger partial charge in [0.25, 0.3) is 0 Å². The Morgan fingerprint density at radius 2 is 2.12 bits per heavy atom. The van der Waals surface area contributed by atoms with Gasteiger partial charge in [-0.2, -0.15) is 0 Å². The van der Waals surface area contributed by atoms with E-state index in [9.17, 15) is 4.79 Å². The fourth-order valence-electron chi connectivity index (χ4n) is 2.45. The number of rotatable bonds is 5. The number of para-hydroxylation sites is 1. The summed E-state index contributed by atoms with van der Waals surface area (Å²) in [5.41, 5.74) is 1.88. The highest BCUT2D eigenvalue weighted by Gasteiger charge is 2.13. The van der Waals surface area contributed by atoms with Crippen LogP contribution in [0.3, 0.4) is 0 Å². The molecule has 0 aliphatic heterocycles. The van der Waals surface area contributed by atoms with E-state index in [1.165, 1.54) is 0 Å². The van der Waals surface area contributed by atoms with Crippen molar-refractivity contribution < 1.29 is 9.53 Å². The van der Waals surface area contributed by atoms with E-state index in [0.717, 1.165) is 31.0 Å². The van der Waals surface area contributed by atoms with Gasteiger partial charge in [-0.1, -0.05) is 28.1 Å². The maximum absolute atomic E-state index is 12.4. The first kappa shape index (κ1) is 17.7. The number of benzene rings is 2. The first-order valence-electron chi connectivity index (χ1n) is 7.72. The maximum Gasteiger partial charge on any atom is 0.317 e. The number of aromatic nitrogens is 1. The minimum atomic E-state index is -0.152. The van der Waals surface area contributed by atoms with Crippen LogP contribution in [0.1, 0.15) is 10.6 Å². The summed E-state index contributed by atoms with van der Waals surface area (Å²) in [4.78, 5) is 18.5. The number of carbonyl (C=O) groups excluding carboxylic acids is 1. The highest BCUT2D eigenvalue weighted by atomic mass is 79.9. The second-order valence-corrected chi connectivity index (χ2v) is 7.58. The van der Waals surface area contributed by atoms with Gasteiger partial charge in [-0.15, -0.1) is 11.3 Å². The van der Waals surface area contributed by atoms with E-state index in [1.807, 2.05) is 42.5 Å². The number of ether oxygens (including phenoxy) is 1. The Kier molecular flexibility index (Phi) is 5.55. The lowest BCUT2D eigenvalue weighted by atomic mass is 10.2. The van der Waals surface area contributed by atoms with Crippen molar-refractivity contribution in [2.45, 2.75) is 13.1 Å². The Balaban J connectivity index is 1.62. The van der Waals surface area contributed by atoms with Gasteiger partial charge >= 0.3 is 6.03 Å². The summed E-state index contributed by atoms with van der Waals surface area (Å²) in [6.07, 6.45) is 0. The highest BCUT2D eigenvalue weighted by Crippen LogP contribution is 2.24. The normalized spacial score (nSPS) is 10.7. The molecular formula is C18H18BrN3O2S. The van der Waals surface area contributed by atoms with E-state index in [-0.39, 0.29) is 6.03 Å². The predicted octanol–water partition coefficient (Wildman–Crippen LogP) is 4.41. The molecule has 1 aromatic heterocycles. The molecule has 0 aliphatic rings. The predicted molar refractivity (Wildman–Crippen MR) is 104 cm³/mol. The van der Waals surface area contributed by atoms with E-state index < -0.39 is 0 Å². The average molecular weight is 420 g/mol. The fraction of sp³-hybridized carbons (Fsp3) is 0.222. The third-order valence-corrected chi connectivity index (χ3v) is 5.24. The van der Waals surface area contributed by atoms with Gasteiger partial charge in [0.15, 0.2) is 0 Å². The van der Waals surface area contributed by atoms with Gasteiger partial charge in [0.05, 0.1) is 23.9 Å². The molecule has 3 rings (SSSR count). The molecule has 0 saturated heterocycles. The number of amides is 2. The molecule has 2 aromatic carbocycles. The van der Waals surface area contributed by atoms with E-state index in [4.69, 9.17) is 4.74 Å². The lowest BCUT2D eigenvalue weighted by molar-refractivity contribution is 0.206. The van der Waals surface area contributed by atoms with E-state index >= 15 is 0 Å². The Labute approximate surface area is 158 Å². The smallest absolute Gasteiger partial charge is 0.317 e. The Hall–Kier alpha value is -2.12. The Bertz CT molecular complexity index is 864. The van der Waals surface area contributed by atoms with Crippen molar-refractivity contribution in [3.8, 4) is 5.75 Å². The zero-order valence-corrected chi connectivity index (χ0v) is 16.4. The Morgan fingerprint density at radius 1 is 1.32 bits per heavy atom. The summed E-state index contributed by atoms with van der Waals surface area (Å²) in [5, 5.41) is 3.83. The van der Waals surface area contributed by atoms with Gasteiger partial charge in [-0.05, 0) is 30.3 Å². The van der Waals surface area contributed by atoms with E-state index in [0.29, 0.717) is 13.1 Å². The van der Waals surface area contributed by atoms with Crippen LogP contribution in [0, 0.1) is 0 Å². The lowest BCUT2D eigenvalue weighted by Crippen LogP contribution is -2.36. The number of hydrogen-bond acceptors (Lipinski definition) is 4. The van der Waals surface area contributed by atoms with E-state index in [1.54, 1.807) is 30.4 Å². The Morgan fingerprint density at radius 3 is 2.88 bits per heavy atom. The molecule has 25 heavy (non-hydrogen) atoms. The largest absolute Gasteiger partial charge is 0.496 e. The van der Waals surface area contributed by atoms with Crippen molar-refractivity contribution >= 4 is 43.5 Å². The van der Waals surface area contributed by atoms with Gasteiger partial charge in [0, 0.05) is 23.6 Å². The number of nitrogens with one attached hydrogen (secondary N) is 1. The number of hydrogen-bond donors (Lipinski definition) is 1. The van der Waals surface area contributed by atoms with Crippen molar-refractivity contribution in [1.82, 2.24) is 15.2 Å². The monoisotopic (exact) mass is 419 g/mol. The SMILES string of the molecule is COc1ccc(Br)cc1CNC(=O)N(C)Cc1nc2ccccc2s1. The van der Waals surface area contributed by atoms with Crippen LogP contribution >= 0.6 is 27.3 Å². The van der Waals surface area contributed by atoms with Crippen LogP contribution in [0.4, 0.5) is 4.79 Å². The fourth-order valence-corrected chi connectivity index (χ4v) is 3.88. The summed E-state index contributed by atoms with van der Waals surface area (Å²) in [7, 11) is 3.38. The van der Waals surface area contributed by atoms with Gasteiger partial charge in [0.2, 0.25) is 0 Å². The van der Waals surface area contributed by atoms with Gasteiger partial charge in [-0.25, -0.2) is 9.78 Å². The summed E-state index contributed by atoms with van der Waals surface area (Å²) < 4.78 is 7.40. The number of carbonyl (C=O) groups is 1. The maximum atomic E-state index is 12.4. The van der Waals surface area contributed by atoms with Crippen LogP contribution in [-0.2, 0) is 13.1 Å². The molecule has 0 saturated carbocycles. The number of nitrogens with zero attached hydrogens (tertiary/aromatic N) is 2. The third kappa shape index (κ3) is 4.29. The first-order chi connectivity index (χ1) is 12.1. The topological polar surface area (TPSA) is 54.5 Å². The summed E-state index contributed by atoms with van der Waals surface area (Å²) in [6, 6.07) is 13.5. The van der Waals surface area contributed by atoms with E-state index in [2.05, 4.69) is 26.2 Å². The standard InChI is InChI=1S/C18H18BrN3O2S/c1-22(11-17-21-14-5-3-4-6-16(14)25-17)18(23)20-10-12-9-13(19)7-8-15(12)24-2/h3-9H,10-11H2,1-2H3,(H,20,23). The van der Waals surface area contributed by atoms with Crippen LogP contribution in [0.5, 0.6) is 5.75 Å². The second-order valence-electron chi connectivity index (χ2n) is 5.55. The molecule has 130 valence electrons. The van der Waals surface area contributed by atoms with Crippen LogP contribution in [0.25, 0.3) is 10.2 Å². The van der Waals surface area contributed by atoms with Crippen molar-refractivity contribution in [2.75, 3.05) is 14.2 Å².